The number of aromatic hydroxyl groups is 1. The van der Waals surface area contributed by atoms with Crippen molar-refractivity contribution in [1.29, 1.82) is 0 Å². The number of non-ortho nitro benzene ring substituents is 1. The topological polar surface area (TPSA) is 98.3 Å². The number of aryl methyl sites for hydroxylation is 1. The van der Waals surface area contributed by atoms with E-state index in [-0.39, 0.29) is 17.0 Å². The third-order valence-electron chi connectivity index (χ3n) is 4.76. The van der Waals surface area contributed by atoms with Gasteiger partial charge in [-0.25, -0.2) is 4.98 Å². The van der Waals surface area contributed by atoms with Gasteiger partial charge < -0.3 is 5.11 Å². The van der Waals surface area contributed by atoms with E-state index < -0.39 is 4.92 Å². The predicted octanol–water partition coefficient (Wildman–Crippen LogP) is 4.48. The van der Waals surface area contributed by atoms with Crippen molar-refractivity contribution in [1.82, 2.24) is 9.55 Å². The van der Waals surface area contributed by atoms with Gasteiger partial charge >= 0.3 is 0 Å². The van der Waals surface area contributed by atoms with Gasteiger partial charge in [-0.05, 0) is 48.4 Å². The minimum atomic E-state index is -0.492. The molecule has 7 heteroatoms. The number of nitro benzene ring substituents is 1. The first-order chi connectivity index (χ1) is 14.4. The molecule has 30 heavy (non-hydrogen) atoms. The van der Waals surface area contributed by atoms with Gasteiger partial charge in [0.2, 0.25) is 0 Å². The first kappa shape index (κ1) is 19.1. The Morgan fingerprint density at radius 1 is 1.03 bits per heavy atom. The molecule has 0 atom stereocenters. The second kappa shape index (κ2) is 7.63. The quantitative estimate of drug-likeness (QED) is 0.403. The van der Waals surface area contributed by atoms with E-state index in [9.17, 15) is 20.0 Å². The molecule has 0 bridgehead atoms. The van der Waals surface area contributed by atoms with E-state index in [0.29, 0.717) is 28.0 Å². The maximum absolute atomic E-state index is 13.3. The highest BCUT2D eigenvalue weighted by Gasteiger charge is 2.16. The zero-order valence-corrected chi connectivity index (χ0v) is 16.0. The summed E-state index contributed by atoms with van der Waals surface area (Å²) >= 11 is 0. The molecule has 3 aromatic carbocycles. The summed E-state index contributed by atoms with van der Waals surface area (Å²) < 4.78 is 1.39. The number of rotatable bonds is 4. The Balaban J connectivity index is 1.98. The van der Waals surface area contributed by atoms with Crippen LogP contribution in [0, 0.1) is 17.0 Å². The summed E-state index contributed by atoms with van der Waals surface area (Å²) in [6.07, 6.45) is 3.44. The lowest BCUT2D eigenvalue weighted by molar-refractivity contribution is -0.384. The molecule has 0 saturated heterocycles. The largest absolute Gasteiger partial charge is 0.508 e. The number of para-hydroxylation sites is 1. The smallest absolute Gasteiger partial charge is 0.271 e. The average molecular weight is 399 g/mol. The molecule has 148 valence electrons. The Morgan fingerprint density at radius 3 is 2.50 bits per heavy atom. The van der Waals surface area contributed by atoms with E-state index in [1.807, 2.05) is 0 Å². The zero-order chi connectivity index (χ0) is 21.3. The lowest BCUT2D eigenvalue weighted by Gasteiger charge is -2.13. The summed E-state index contributed by atoms with van der Waals surface area (Å²) in [5.41, 5.74) is 2.03. The van der Waals surface area contributed by atoms with Gasteiger partial charge in [0.05, 0.1) is 21.5 Å². The zero-order valence-electron chi connectivity index (χ0n) is 16.0. The second-order valence-corrected chi connectivity index (χ2v) is 6.78. The van der Waals surface area contributed by atoms with Crippen molar-refractivity contribution < 1.29 is 10.0 Å². The minimum Gasteiger partial charge on any atom is -0.508 e. The van der Waals surface area contributed by atoms with E-state index in [1.54, 1.807) is 73.7 Å². The highest BCUT2D eigenvalue weighted by Crippen LogP contribution is 2.23. The van der Waals surface area contributed by atoms with Gasteiger partial charge in [-0.2, -0.15) is 0 Å². The number of nitro groups is 1. The van der Waals surface area contributed by atoms with Crippen molar-refractivity contribution in [2.75, 3.05) is 0 Å². The van der Waals surface area contributed by atoms with Gasteiger partial charge in [0.15, 0.2) is 0 Å². The van der Waals surface area contributed by atoms with E-state index in [2.05, 4.69) is 4.98 Å². The normalized spacial score (nSPS) is 11.2. The molecule has 0 saturated carbocycles. The van der Waals surface area contributed by atoms with Gasteiger partial charge in [-0.15, -0.1) is 0 Å². The van der Waals surface area contributed by atoms with Crippen molar-refractivity contribution in [3.05, 3.63) is 104 Å². The maximum atomic E-state index is 13.3. The van der Waals surface area contributed by atoms with Crippen LogP contribution in [0.2, 0.25) is 0 Å². The predicted molar refractivity (Wildman–Crippen MR) is 116 cm³/mol. The van der Waals surface area contributed by atoms with E-state index in [1.165, 1.54) is 16.7 Å². The molecule has 0 aliphatic carbocycles. The first-order valence-corrected chi connectivity index (χ1v) is 9.18. The number of fused-ring (bicyclic) bond motifs is 1. The van der Waals surface area contributed by atoms with Gasteiger partial charge in [0.25, 0.3) is 11.2 Å². The molecular weight excluding hydrogens is 382 g/mol. The third kappa shape index (κ3) is 3.56. The van der Waals surface area contributed by atoms with Crippen LogP contribution in [0.3, 0.4) is 0 Å². The number of nitrogens with zero attached hydrogens (tertiary/aromatic N) is 3. The van der Waals surface area contributed by atoms with Crippen LogP contribution in [0.15, 0.2) is 71.5 Å². The molecule has 4 aromatic rings. The van der Waals surface area contributed by atoms with E-state index in [4.69, 9.17) is 0 Å². The fourth-order valence-electron chi connectivity index (χ4n) is 3.20. The lowest BCUT2D eigenvalue weighted by atomic mass is 10.1. The van der Waals surface area contributed by atoms with Gasteiger partial charge in [-0.1, -0.05) is 36.4 Å². The highest BCUT2D eigenvalue weighted by molar-refractivity contribution is 5.80. The molecule has 4 rings (SSSR count). The molecule has 0 spiro atoms. The van der Waals surface area contributed by atoms with Crippen LogP contribution < -0.4 is 5.56 Å². The van der Waals surface area contributed by atoms with Crippen molar-refractivity contribution >= 4 is 28.7 Å². The van der Waals surface area contributed by atoms with Crippen LogP contribution in [0.25, 0.3) is 28.7 Å². The van der Waals surface area contributed by atoms with Crippen LogP contribution >= 0.6 is 0 Å². The monoisotopic (exact) mass is 399 g/mol. The molecule has 1 heterocycles. The SMILES string of the molecule is Cc1ccc([N+](=O)[O-])cc1-n1c(/C=C/c2ccc(O)cc2)nc2ccccc2c1=O. The summed E-state index contributed by atoms with van der Waals surface area (Å²) in [6, 6.07) is 18.0. The summed E-state index contributed by atoms with van der Waals surface area (Å²) in [5.74, 6) is 0.496. The minimum absolute atomic E-state index is 0.107. The van der Waals surface area contributed by atoms with Crippen LogP contribution in [-0.4, -0.2) is 19.6 Å². The highest BCUT2D eigenvalue weighted by atomic mass is 16.6. The molecule has 0 radical (unpaired) electrons. The molecule has 0 fully saturated rings. The Bertz CT molecular complexity index is 1360. The molecule has 0 unspecified atom stereocenters. The summed E-state index contributed by atoms with van der Waals surface area (Å²) in [4.78, 5) is 28.7. The van der Waals surface area contributed by atoms with Crippen molar-refractivity contribution in [3.8, 4) is 11.4 Å². The standard InChI is InChI=1S/C23H17N3O4/c1-15-6-10-17(26(29)30)14-21(15)25-22(13-9-16-7-11-18(27)12-8-16)24-20-5-3-2-4-19(20)23(25)28/h2-14,27H,1H3/b13-9+. The second-order valence-electron chi connectivity index (χ2n) is 6.78. The molecule has 7 nitrogen and oxygen atoms in total. The third-order valence-corrected chi connectivity index (χ3v) is 4.76. The Morgan fingerprint density at radius 2 is 1.77 bits per heavy atom. The fraction of sp³-hybridized carbons (Fsp3) is 0.0435. The summed E-state index contributed by atoms with van der Waals surface area (Å²) in [5, 5.41) is 21.2. The van der Waals surface area contributed by atoms with Crippen LogP contribution in [0.4, 0.5) is 5.69 Å². The number of hydrogen-bond donors (Lipinski definition) is 1. The fourth-order valence-corrected chi connectivity index (χ4v) is 3.20. The molecule has 0 amide bonds. The van der Waals surface area contributed by atoms with Crippen LogP contribution in [-0.2, 0) is 0 Å². The average Bonchev–Trinajstić information content (AvgIpc) is 2.74. The number of aromatic nitrogens is 2. The molecule has 0 aliphatic heterocycles. The molecular formula is C23H17N3O4. The van der Waals surface area contributed by atoms with E-state index >= 15 is 0 Å². The summed E-state index contributed by atoms with van der Waals surface area (Å²) in [7, 11) is 0. The number of benzene rings is 3. The summed E-state index contributed by atoms with van der Waals surface area (Å²) in [6.45, 7) is 1.79. The Hall–Kier alpha value is -4.26. The first-order valence-electron chi connectivity index (χ1n) is 9.18. The van der Waals surface area contributed by atoms with Gasteiger partial charge in [0.1, 0.15) is 11.6 Å². The van der Waals surface area contributed by atoms with Crippen molar-refractivity contribution in [2.45, 2.75) is 6.92 Å². The number of phenolic OH excluding ortho intramolecular Hbond substituents is 1. The number of phenols is 1. The Labute approximate surface area is 171 Å². The Kier molecular flexibility index (Phi) is 4.85. The lowest BCUT2D eigenvalue weighted by Crippen LogP contribution is -2.23. The molecule has 0 aliphatic rings. The molecule has 1 N–H and O–H groups in total. The van der Waals surface area contributed by atoms with Gasteiger partial charge in [-0.3, -0.25) is 19.5 Å². The number of hydrogen-bond acceptors (Lipinski definition) is 5. The maximum Gasteiger partial charge on any atom is 0.271 e. The van der Waals surface area contributed by atoms with Crippen LogP contribution in [0.5, 0.6) is 5.75 Å². The van der Waals surface area contributed by atoms with Crippen molar-refractivity contribution in [2.24, 2.45) is 0 Å². The van der Waals surface area contributed by atoms with E-state index in [0.717, 1.165) is 5.56 Å². The van der Waals surface area contributed by atoms with Gasteiger partial charge in [0, 0.05) is 12.1 Å². The van der Waals surface area contributed by atoms with Crippen LogP contribution in [0.1, 0.15) is 17.0 Å². The van der Waals surface area contributed by atoms with Crippen molar-refractivity contribution in [3.63, 3.8) is 0 Å². The molecule has 1 aromatic heterocycles.